The molecule has 1 fully saturated rings. The van der Waals surface area contributed by atoms with Crippen LogP contribution in [0.3, 0.4) is 0 Å². The Kier molecular flexibility index (Phi) is 5.91. The molecule has 0 aliphatic carbocycles. The number of aromatic nitrogens is 2. The van der Waals surface area contributed by atoms with Crippen molar-refractivity contribution in [3.05, 3.63) is 54.6 Å². The number of hydrogen-bond donors (Lipinski definition) is 0. The maximum atomic E-state index is 12.9. The lowest BCUT2D eigenvalue weighted by Gasteiger charge is -2.35. The largest absolute Gasteiger partial charge is 0.339 e. The minimum Gasteiger partial charge on any atom is -0.339 e. The topological polar surface area (TPSA) is 46.1 Å². The zero-order valence-electron chi connectivity index (χ0n) is 16.2. The zero-order chi connectivity index (χ0) is 19.3. The molecule has 1 amide bonds. The van der Waals surface area contributed by atoms with Crippen molar-refractivity contribution in [1.82, 2.24) is 14.9 Å². The summed E-state index contributed by atoms with van der Waals surface area (Å²) in [6.07, 6.45) is 4.50. The third kappa shape index (κ3) is 4.04. The molecule has 4 rings (SSSR count). The van der Waals surface area contributed by atoms with Crippen molar-refractivity contribution >= 4 is 28.6 Å². The molecule has 0 unspecified atom stereocenters. The van der Waals surface area contributed by atoms with Gasteiger partial charge < -0.3 is 4.90 Å². The van der Waals surface area contributed by atoms with Crippen LogP contribution in [-0.4, -0.2) is 39.1 Å². The summed E-state index contributed by atoms with van der Waals surface area (Å²) in [6, 6.07) is 18.4. The van der Waals surface area contributed by atoms with E-state index in [2.05, 4.69) is 11.8 Å². The van der Waals surface area contributed by atoms with Crippen LogP contribution in [-0.2, 0) is 4.79 Å². The van der Waals surface area contributed by atoms with Crippen molar-refractivity contribution in [2.45, 2.75) is 43.7 Å². The summed E-state index contributed by atoms with van der Waals surface area (Å²) in [5.41, 5.74) is 1.90. The van der Waals surface area contributed by atoms with E-state index in [9.17, 15) is 4.79 Å². The molecule has 144 valence electrons. The van der Waals surface area contributed by atoms with E-state index in [0.29, 0.717) is 17.6 Å². The molecule has 0 radical (unpaired) electrons. The van der Waals surface area contributed by atoms with Crippen LogP contribution in [0.15, 0.2) is 59.6 Å². The second-order valence-corrected chi connectivity index (χ2v) is 8.13. The third-order valence-corrected chi connectivity index (χ3v) is 6.33. The van der Waals surface area contributed by atoms with Crippen molar-refractivity contribution in [1.29, 1.82) is 0 Å². The van der Waals surface area contributed by atoms with Crippen LogP contribution in [0.25, 0.3) is 22.3 Å². The molecule has 1 aromatic heterocycles. The summed E-state index contributed by atoms with van der Waals surface area (Å²) in [6.45, 7) is 3.06. The first-order valence-electron chi connectivity index (χ1n) is 10.0. The van der Waals surface area contributed by atoms with E-state index < -0.39 is 0 Å². The molecule has 1 atom stereocenters. The quantitative estimate of drug-likeness (QED) is 0.444. The highest BCUT2D eigenvalue weighted by Crippen LogP contribution is 2.29. The Morgan fingerprint density at radius 1 is 1.07 bits per heavy atom. The summed E-state index contributed by atoms with van der Waals surface area (Å²) in [4.78, 5) is 24.5. The monoisotopic (exact) mass is 391 g/mol. The Balaban J connectivity index is 1.60. The molecule has 0 N–H and O–H groups in total. The summed E-state index contributed by atoms with van der Waals surface area (Å²) in [5, 5.41) is 1.88. The van der Waals surface area contributed by atoms with Gasteiger partial charge in [0.1, 0.15) is 5.03 Å². The van der Waals surface area contributed by atoms with Gasteiger partial charge >= 0.3 is 0 Å². The third-order valence-electron chi connectivity index (χ3n) is 5.35. The Bertz CT molecular complexity index is 960. The maximum Gasteiger partial charge on any atom is 0.233 e. The molecule has 2 aromatic carbocycles. The number of benzene rings is 2. The number of para-hydroxylation sites is 1. The molecule has 1 aliphatic heterocycles. The maximum absolute atomic E-state index is 12.9. The van der Waals surface area contributed by atoms with Crippen LogP contribution < -0.4 is 0 Å². The smallest absolute Gasteiger partial charge is 0.233 e. The van der Waals surface area contributed by atoms with E-state index in [-0.39, 0.29) is 5.91 Å². The van der Waals surface area contributed by atoms with E-state index in [1.807, 2.05) is 54.6 Å². The average molecular weight is 392 g/mol. The molecule has 0 bridgehead atoms. The standard InChI is InChI=1S/C23H25N3OS/c1-2-18-12-8-9-15-26(18)21(27)16-28-23-19-13-6-7-14-20(19)24-22(25-23)17-10-4-3-5-11-17/h3-7,10-11,13-14,18H,2,8-9,12,15-16H2,1H3/t18-/m1/s1. The van der Waals surface area contributed by atoms with Crippen LogP contribution in [0.4, 0.5) is 0 Å². The lowest BCUT2D eigenvalue weighted by Crippen LogP contribution is -2.44. The van der Waals surface area contributed by atoms with Gasteiger partial charge in [-0.15, -0.1) is 0 Å². The van der Waals surface area contributed by atoms with E-state index in [0.717, 1.165) is 47.3 Å². The van der Waals surface area contributed by atoms with Crippen LogP contribution in [0, 0.1) is 0 Å². The lowest BCUT2D eigenvalue weighted by molar-refractivity contribution is -0.132. The van der Waals surface area contributed by atoms with E-state index >= 15 is 0 Å². The predicted molar refractivity (Wildman–Crippen MR) is 115 cm³/mol. The molecule has 1 saturated heterocycles. The molecule has 0 saturated carbocycles. The number of amides is 1. The van der Waals surface area contributed by atoms with E-state index in [4.69, 9.17) is 9.97 Å². The number of thioether (sulfide) groups is 1. The first-order chi connectivity index (χ1) is 13.8. The highest BCUT2D eigenvalue weighted by Gasteiger charge is 2.25. The fourth-order valence-corrected chi connectivity index (χ4v) is 4.75. The Morgan fingerprint density at radius 2 is 1.86 bits per heavy atom. The van der Waals surface area contributed by atoms with Gasteiger partial charge in [0.05, 0.1) is 11.3 Å². The lowest BCUT2D eigenvalue weighted by atomic mass is 10.0. The Labute approximate surface area is 170 Å². The number of nitrogens with zero attached hydrogens (tertiary/aromatic N) is 3. The SMILES string of the molecule is CC[C@@H]1CCCCN1C(=O)CSc1nc(-c2ccccc2)nc2ccccc12. The Hall–Kier alpha value is -2.40. The average Bonchev–Trinajstić information content (AvgIpc) is 2.77. The van der Waals surface area contributed by atoms with Gasteiger partial charge in [-0.25, -0.2) is 9.97 Å². The molecular formula is C23H25N3OS. The number of carbonyl (C=O) groups excluding carboxylic acids is 1. The zero-order valence-corrected chi connectivity index (χ0v) is 17.0. The fourth-order valence-electron chi connectivity index (χ4n) is 3.84. The van der Waals surface area contributed by atoms with Gasteiger partial charge in [-0.2, -0.15) is 0 Å². The van der Waals surface area contributed by atoms with Crippen molar-refractivity contribution in [3.63, 3.8) is 0 Å². The summed E-state index contributed by atoms with van der Waals surface area (Å²) < 4.78 is 0. The van der Waals surface area contributed by atoms with Crippen LogP contribution in [0.2, 0.25) is 0 Å². The summed E-state index contributed by atoms with van der Waals surface area (Å²) in [7, 11) is 0. The highest BCUT2D eigenvalue weighted by atomic mass is 32.2. The minimum atomic E-state index is 0.223. The fraction of sp³-hybridized carbons (Fsp3) is 0.348. The van der Waals surface area contributed by atoms with E-state index in [1.54, 1.807) is 0 Å². The van der Waals surface area contributed by atoms with Gasteiger partial charge in [-0.1, -0.05) is 67.2 Å². The van der Waals surface area contributed by atoms with E-state index in [1.165, 1.54) is 18.2 Å². The second-order valence-electron chi connectivity index (χ2n) is 7.17. The van der Waals surface area contributed by atoms with Gasteiger partial charge in [-0.3, -0.25) is 4.79 Å². The van der Waals surface area contributed by atoms with Gasteiger partial charge in [0, 0.05) is 23.5 Å². The van der Waals surface area contributed by atoms with Gasteiger partial charge in [0.15, 0.2) is 5.82 Å². The van der Waals surface area contributed by atoms with Gasteiger partial charge in [0.25, 0.3) is 0 Å². The number of likely N-dealkylation sites (tertiary alicyclic amines) is 1. The second kappa shape index (κ2) is 8.74. The molecule has 4 nitrogen and oxygen atoms in total. The predicted octanol–water partition coefficient (Wildman–Crippen LogP) is 5.18. The van der Waals surface area contributed by atoms with Crippen molar-refractivity contribution in [2.24, 2.45) is 0 Å². The number of piperidine rings is 1. The summed E-state index contributed by atoms with van der Waals surface area (Å²) in [5.74, 6) is 1.35. The van der Waals surface area contributed by atoms with Gasteiger partial charge in [0.2, 0.25) is 5.91 Å². The van der Waals surface area contributed by atoms with Crippen molar-refractivity contribution in [2.75, 3.05) is 12.3 Å². The molecule has 2 heterocycles. The van der Waals surface area contributed by atoms with Gasteiger partial charge in [-0.05, 0) is 31.7 Å². The minimum absolute atomic E-state index is 0.223. The Morgan fingerprint density at radius 3 is 2.68 bits per heavy atom. The number of hydrogen-bond acceptors (Lipinski definition) is 4. The van der Waals surface area contributed by atoms with Crippen LogP contribution in [0.5, 0.6) is 0 Å². The highest BCUT2D eigenvalue weighted by molar-refractivity contribution is 8.00. The van der Waals surface area contributed by atoms with Crippen LogP contribution >= 0.6 is 11.8 Å². The number of rotatable bonds is 5. The molecular weight excluding hydrogens is 366 g/mol. The normalized spacial score (nSPS) is 17.0. The van der Waals surface area contributed by atoms with Crippen molar-refractivity contribution in [3.8, 4) is 11.4 Å². The number of carbonyl (C=O) groups is 1. The van der Waals surface area contributed by atoms with Crippen molar-refractivity contribution < 1.29 is 4.79 Å². The first-order valence-corrected chi connectivity index (χ1v) is 11.0. The summed E-state index contributed by atoms with van der Waals surface area (Å²) >= 11 is 1.53. The molecule has 0 spiro atoms. The molecule has 5 heteroatoms. The molecule has 3 aromatic rings. The van der Waals surface area contributed by atoms with Crippen LogP contribution in [0.1, 0.15) is 32.6 Å². The molecule has 1 aliphatic rings. The number of fused-ring (bicyclic) bond motifs is 1. The molecule has 28 heavy (non-hydrogen) atoms. The first kappa shape index (κ1) is 18.9.